The second kappa shape index (κ2) is 9.36. The van der Waals surface area contributed by atoms with E-state index in [0.717, 1.165) is 44.5 Å². The molecule has 1 aromatic heterocycles. The zero-order chi connectivity index (χ0) is 24.6. The van der Waals surface area contributed by atoms with Gasteiger partial charge in [-0.05, 0) is 38.8 Å². The van der Waals surface area contributed by atoms with Crippen LogP contribution in [0.5, 0.6) is 0 Å². The molecule has 0 unspecified atom stereocenters. The van der Waals surface area contributed by atoms with Crippen molar-refractivity contribution in [3.8, 4) is 0 Å². The lowest BCUT2D eigenvalue weighted by Crippen LogP contribution is -2.64. The van der Waals surface area contributed by atoms with Gasteiger partial charge in [0, 0.05) is 50.5 Å². The number of carbonyl (C=O) groups is 3. The molecule has 3 heterocycles. The van der Waals surface area contributed by atoms with Crippen molar-refractivity contribution < 1.29 is 14.4 Å². The Morgan fingerprint density at radius 3 is 2.43 bits per heavy atom. The molecular weight excluding hydrogens is 444 g/mol. The number of amides is 3. The lowest BCUT2D eigenvalue weighted by Gasteiger charge is -2.43. The number of para-hydroxylation sites is 1. The van der Waals surface area contributed by atoms with Crippen LogP contribution >= 0.6 is 0 Å². The van der Waals surface area contributed by atoms with Crippen LogP contribution in [-0.2, 0) is 11.3 Å². The fourth-order valence-electron chi connectivity index (χ4n) is 5.62. The highest BCUT2D eigenvalue weighted by atomic mass is 16.2. The zero-order valence-electron chi connectivity index (χ0n) is 20.6. The Balaban J connectivity index is 1.31. The van der Waals surface area contributed by atoms with E-state index < -0.39 is 5.54 Å². The molecule has 1 N–H and O–H groups in total. The van der Waals surface area contributed by atoms with Crippen LogP contribution in [0, 0.1) is 0 Å². The first-order chi connectivity index (χ1) is 16.9. The van der Waals surface area contributed by atoms with Gasteiger partial charge >= 0.3 is 0 Å². The predicted octanol–water partition coefficient (Wildman–Crippen LogP) is 2.14. The Bertz CT molecular complexity index is 1100. The van der Waals surface area contributed by atoms with Crippen molar-refractivity contribution in [2.45, 2.75) is 57.7 Å². The van der Waals surface area contributed by atoms with Crippen molar-refractivity contribution in [3.63, 3.8) is 0 Å². The minimum atomic E-state index is -1.05. The summed E-state index contributed by atoms with van der Waals surface area (Å²) in [5.74, 6) is -0.582. The van der Waals surface area contributed by atoms with Gasteiger partial charge in [-0.25, -0.2) is 0 Å². The number of nitrogens with zero attached hydrogens (tertiary/aromatic N) is 5. The molecule has 35 heavy (non-hydrogen) atoms. The van der Waals surface area contributed by atoms with Crippen LogP contribution in [0.2, 0.25) is 0 Å². The van der Waals surface area contributed by atoms with E-state index in [-0.39, 0.29) is 36.0 Å². The van der Waals surface area contributed by atoms with Gasteiger partial charge in [0.25, 0.3) is 11.8 Å². The van der Waals surface area contributed by atoms with Crippen molar-refractivity contribution in [2.24, 2.45) is 0 Å². The summed E-state index contributed by atoms with van der Waals surface area (Å²) in [6.45, 7) is 6.98. The molecule has 2 fully saturated rings. The Hall–Kier alpha value is -3.36. The van der Waals surface area contributed by atoms with Crippen LogP contribution in [0.15, 0.2) is 36.4 Å². The van der Waals surface area contributed by atoms with Gasteiger partial charge in [-0.2, -0.15) is 5.10 Å². The van der Waals surface area contributed by atoms with Crippen LogP contribution in [0.3, 0.4) is 0 Å². The average Bonchev–Trinajstić information content (AvgIpc) is 3.54. The molecule has 1 saturated carbocycles. The molecule has 3 aliphatic rings. The van der Waals surface area contributed by atoms with Crippen LogP contribution in [0.25, 0.3) is 0 Å². The van der Waals surface area contributed by atoms with Gasteiger partial charge in [0.15, 0.2) is 5.69 Å². The Morgan fingerprint density at radius 2 is 1.77 bits per heavy atom. The molecule has 5 rings (SSSR count). The van der Waals surface area contributed by atoms with Gasteiger partial charge in [0.1, 0.15) is 11.2 Å². The van der Waals surface area contributed by atoms with Gasteiger partial charge in [0.05, 0.1) is 6.54 Å². The summed E-state index contributed by atoms with van der Waals surface area (Å²) in [5, 5.41) is 7.67. The molecular formula is C26H34N6O3. The third-order valence-electron chi connectivity index (χ3n) is 7.70. The topological polar surface area (TPSA) is 90.8 Å². The number of nitrogens with one attached hydrogen (secondary N) is 1. The van der Waals surface area contributed by atoms with E-state index in [4.69, 9.17) is 0 Å². The highest BCUT2D eigenvalue weighted by Gasteiger charge is 2.48. The van der Waals surface area contributed by atoms with E-state index in [1.165, 1.54) is 0 Å². The maximum absolute atomic E-state index is 13.4. The summed E-state index contributed by atoms with van der Waals surface area (Å²) in [7, 11) is 0. The van der Waals surface area contributed by atoms with Crippen molar-refractivity contribution in [2.75, 3.05) is 37.6 Å². The highest BCUT2D eigenvalue weighted by molar-refractivity contribution is 6.02. The van der Waals surface area contributed by atoms with E-state index in [1.54, 1.807) is 27.5 Å². The maximum Gasteiger partial charge on any atom is 0.274 e. The van der Waals surface area contributed by atoms with Gasteiger partial charge < -0.3 is 20.0 Å². The molecule has 1 saturated heterocycles. The molecule has 186 valence electrons. The summed E-state index contributed by atoms with van der Waals surface area (Å²) in [6, 6.07) is 11.9. The van der Waals surface area contributed by atoms with Crippen LogP contribution < -0.4 is 10.2 Å². The summed E-state index contributed by atoms with van der Waals surface area (Å²) in [6.07, 6.45) is 4.19. The number of hydrogen-bond acceptors (Lipinski definition) is 5. The first-order valence-electron chi connectivity index (χ1n) is 12.7. The zero-order valence-corrected chi connectivity index (χ0v) is 20.6. The van der Waals surface area contributed by atoms with E-state index >= 15 is 0 Å². The smallest absolute Gasteiger partial charge is 0.274 e. The number of carbonyl (C=O) groups excluding carboxylic acids is 3. The number of rotatable bonds is 5. The fourth-order valence-corrected chi connectivity index (χ4v) is 5.62. The van der Waals surface area contributed by atoms with Gasteiger partial charge in [0.2, 0.25) is 5.91 Å². The molecule has 1 aliphatic carbocycles. The number of benzene rings is 1. The fraction of sp³-hybridized carbons (Fsp3) is 0.538. The first-order valence-corrected chi connectivity index (χ1v) is 12.7. The monoisotopic (exact) mass is 478 g/mol. The third kappa shape index (κ3) is 4.28. The number of hydrogen-bond donors (Lipinski definition) is 1. The van der Waals surface area contributed by atoms with Crippen molar-refractivity contribution in [3.05, 3.63) is 47.8 Å². The second-order valence-corrected chi connectivity index (χ2v) is 9.97. The largest absolute Gasteiger partial charge is 0.368 e. The molecule has 2 aliphatic heterocycles. The Labute approximate surface area is 206 Å². The lowest BCUT2D eigenvalue weighted by atomic mass is 9.94. The van der Waals surface area contributed by atoms with Crippen LogP contribution in [0.1, 0.15) is 60.5 Å². The lowest BCUT2D eigenvalue weighted by molar-refractivity contribution is -0.133. The summed E-state index contributed by atoms with van der Waals surface area (Å²) >= 11 is 0. The van der Waals surface area contributed by atoms with Crippen LogP contribution in [0.4, 0.5) is 5.69 Å². The van der Waals surface area contributed by atoms with Gasteiger partial charge in [-0.3, -0.25) is 19.1 Å². The van der Waals surface area contributed by atoms with Gasteiger partial charge in [-0.1, -0.05) is 31.0 Å². The minimum absolute atomic E-state index is 0.148. The van der Waals surface area contributed by atoms with Crippen LogP contribution in [-0.4, -0.2) is 81.6 Å². The minimum Gasteiger partial charge on any atom is -0.368 e. The summed E-state index contributed by atoms with van der Waals surface area (Å²) < 4.78 is 1.55. The standard InChI is InChI=1S/C26H34N6O3/c1-3-31-24(34)22-17-21(23(33)30-15-13-29(14-16-30)20-11-5-4-6-12-20)28-32(22)18-26(31,2)25(35)27-19-9-7-8-10-19/h4-6,11-12,17,19H,3,7-10,13-16,18H2,1-2H3,(H,27,35)/t26-/m1/s1. The van der Waals surface area contributed by atoms with Crippen molar-refractivity contribution in [1.29, 1.82) is 0 Å². The van der Waals surface area contributed by atoms with Crippen molar-refractivity contribution in [1.82, 2.24) is 24.9 Å². The third-order valence-corrected chi connectivity index (χ3v) is 7.70. The van der Waals surface area contributed by atoms with E-state index in [1.807, 2.05) is 25.1 Å². The van der Waals surface area contributed by atoms with E-state index in [9.17, 15) is 14.4 Å². The van der Waals surface area contributed by atoms with Gasteiger partial charge in [-0.15, -0.1) is 0 Å². The molecule has 9 heteroatoms. The molecule has 3 amide bonds. The normalized spacial score (nSPS) is 22.9. The van der Waals surface area contributed by atoms with E-state index in [0.29, 0.717) is 25.3 Å². The molecule has 1 atom stereocenters. The molecule has 1 aromatic carbocycles. The number of piperazine rings is 1. The maximum atomic E-state index is 13.4. The second-order valence-electron chi connectivity index (χ2n) is 9.97. The summed E-state index contributed by atoms with van der Waals surface area (Å²) in [5.41, 5.74) is 0.731. The Morgan fingerprint density at radius 1 is 1.09 bits per heavy atom. The summed E-state index contributed by atoms with van der Waals surface area (Å²) in [4.78, 5) is 45.6. The Kier molecular flexibility index (Phi) is 6.25. The molecule has 0 spiro atoms. The quantitative estimate of drug-likeness (QED) is 0.711. The van der Waals surface area contributed by atoms with E-state index in [2.05, 4.69) is 27.4 Å². The number of aromatic nitrogens is 2. The molecule has 2 aromatic rings. The first kappa shape index (κ1) is 23.4. The molecule has 9 nitrogen and oxygen atoms in total. The average molecular weight is 479 g/mol. The number of fused-ring (bicyclic) bond motifs is 1. The highest BCUT2D eigenvalue weighted by Crippen LogP contribution is 2.29. The molecule has 0 bridgehead atoms. The number of anilines is 1. The SMILES string of the molecule is CCN1C(=O)c2cc(C(=O)N3CCN(c4ccccc4)CC3)nn2C[C@]1(C)C(=O)NC1CCCC1. The number of likely N-dealkylation sites (N-methyl/N-ethyl adjacent to an activating group) is 1. The molecule has 0 radical (unpaired) electrons. The van der Waals surface area contributed by atoms with Crippen molar-refractivity contribution >= 4 is 23.4 Å². The predicted molar refractivity (Wildman–Crippen MR) is 132 cm³/mol.